The molecule has 0 saturated heterocycles. The fourth-order valence-electron chi connectivity index (χ4n) is 1.72. The van der Waals surface area contributed by atoms with Crippen LogP contribution in [0.4, 0.5) is 0 Å². The molecule has 0 fully saturated rings. The van der Waals surface area contributed by atoms with Crippen LogP contribution in [0.25, 0.3) is 11.3 Å². The van der Waals surface area contributed by atoms with Crippen molar-refractivity contribution in [3.63, 3.8) is 0 Å². The van der Waals surface area contributed by atoms with Gasteiger partial charge in [0.25, 0.3) is 5.91 Å². The molecule has 5 nitrogen and oxygen atoms in total. The molecule has 0 radical (unpaired) electrons. The molecule has 1 amide bonds. The Morgan fingerprint density at radius 3 is 2.80 bits per heavy atom. The summed E-state index contributed by atoms with van der Waals surface area (Å²) in [6.07, 6.45) is 0. The van der Waals surface area contributed by atoms with Gasteiger partial charge in [0.15, 0.2) is 0 Å². The van der Waals surface area contributed by atoms with Crippen LogP contribution >= 0.6 is 23.1 Å². The van der Waals surface area contributed by atoms with Crippen LogP contribution in [0, 0.1) is 0 Å². The normalized spacial score (nSPS) is 12.2. The van der Waals surface area contributed by atoms with E-state index < -0.39 is 0 Å². The van der Waals surface area contributed by atoms with Gasteiger partial charge >= 0.3 is 0 Å². The Morgan fingerprint density at radius 1 is 1.45 bits per heavy atom. The lowest BCUT2D eigenvalue weighted by atomic mass is 10.1. The Bertz CT molecular complexity index is 586. The summed E-state index contributed by atoms with van der Waals surface area (Å²) in [6.45, 7) is 2.33. The van der Waals surface area contributed by atoms with E-state index in [1.807, 2.05) is 19.1 Å². The van der Waals surface area contributed by atoms with Crippen LogP contribution in [0.3, 0.4) is 0 Å². The number of hydrogen-bond donors (Lipinski definition) is 1. The van der Waals surface area contributed by atoms with Gasteiger partial charge in [-0.1, -0.05) is 28.2 Å². The lowest BCUT2D eigenvalue weighted by molar-refractivity contribution is 0.0910. The number of aromatic nitrogens is 2. The number of amides is 1. The van der Waals surface area contributed by atoms with Crippen molar-refractivity contribution in [2.45, 2.75) is 13.0 Å². The number of methoxy groups -OCH3 is 1. The molecule has 106 valence electrons. The first-order valence-electron chi connectivity index (χ1n) is 6.00. The van der Waals surface area contributed by atoms with Crippen molar-refractivity contribution < 1.29 is 9.53 Å². The minimum atomic E-state index is -0.200. The summed E-state index contributed by atoms with van der Waals surface area (Å²) >= 11 is 6.92. The Morgan fingerprint density at radius 2 is 2.15 bits per heavy atom. The average molecular weight is 312 g/mol. The highest BCUT2D eigenvalue weighted by Gasteiger charge is 2.19. The lowest BCUT2D eigenvalue weighted by Gasteiger charge is -2.12. The molecule has 1 heterocycles. The summed E-state index contributed by atoms with van der Waals surface area (Å²) < 4.78 is 8.85. The minimum absolute atomic E-state index is 0.0762. The van der Waals surface area contributed by atoms with Gasteiger partial charge in [0.05, 0.1) is 6.61 Å². The highest BCUT2D eigenvalue weighted by Crippen LogP contribution is 2.25. The average Bonchev–Trinajstić information content (AvgIpc) is 2.89. The van der Waals surface area contributed by atoms with Gasteiger partial charge in [-0.05, 0) is 30.6 Å². The zero-order valence-electron chi connectivity index (χ0n) is 11.1. The molecule has 0 aliphatic heterocycles. The van der Waals surface area contributed by atoms with Crippen LogP contribution < -0.4 is 5.32 Å². The van der Waals surface area contributed by atoms with Gasteiger partial charge in [-0.25, -0.2) is 0 Å². The van der Waals surface area contributed by atoms with Crippen LogP contribution in [0.1, 0.15) is 16.6 Å². The second-order valence-electron chi connectivity index (χ2n) is 4.29. The molecule has 2 aromatic rings. The van der Waals surface area contributed by atoms with Gasteiger partial charge in [0, 0.05) is 23.7 Å². The maximum Gasteiger partial charge on any atom is 0.265 e. The summed E-state index contributed by atoms with van der Waals surface area (Å²) in [4.78, 5) is 12.7. The number of nitrogens with one attached hydrogen (secondary N) is 1. The molecule has 0 spiro atoms. The SMILES string of the molecule is COC[C@H](C)NC(=O)c1snnc1-c1ccc(Cl)cc1. The van der Waals surface area contributed by atoms with Crippen LogP contribution in [-0.4, -0.2) is 35.3 Å². The van der Waals surface area contributed by atoms with Crippen molar-refractivity contribution in [1.82, 2.24) is 14.9 Å². The van der Waals surface area contributed by atoms with E-state index in [4.69, 9.17) is 16.3 Å². The molecule has 0 aliphatic carbocycles. The molecule has 0 unspecified atom stereocenters. The van der Waals surface area contributed by atoms with Gasteiger partial charge in [-0.15, -0.1) is 5.10 Å². The number of benzene rings is 1. The van der Waals surface area contributed by atoms with Crippen LogP contribution in [-0.2, 0) is 4.74 Å². The van der Waals surface area contributed by atoms with Gasteiger partial charge in [0.1, 0.15) is 10.6 Å². The van der Waals surface area contributed by atoms with Crippen molar-refractivity contribution in [3.8, 4) is 11.3 Å². The van der Waals surface area contributed by atoms with Crippen LogP contribution in [0.2, 0.25) is 5.02 Å². The maximum atomic E-state index is 12.2. The van der Waals surface area contributed by atoms with E-state index in [-0.39, 0.29) is 11.9 Å². The summed E-state index contributed by atoms with van der Waals surface area (Å²) in [5.74, 6) is -0.200. The third-order valence-corrected chi connectivity index (χ3v) is 3.58. The molecule has 0 bridgehead atoms. The minimum Gasteiger partial charge on any atom is -0.383 e. The van der Waals surface area contributed by atoms with E-state index in [0.29, 0.717) is 22.2 Å². The third-order valence-electron chi connectivity index (χ3n) is 2.61. The second-order valence-corrected chi connectivity index (χ2v) is 5.48. The summed E-state index contributed by atoms with van der Waals surface area (Å²) in [5, 5.41) is 7.50. The zero-order valence-corrected chi connectivity index (χ0v) is 12.7. The van der Waals surface area contributed by atoms with Gasteiger partial charge < -0.3 is 10.1 Å². The van der Waals surface area contributed by atoms with Crippen LogP contribution in [0.5, 0.6) is 0 Å². The standard InChI is InChI=1S/C13H14ClN3O2S/c1-8(7-19-2)15-13(18)12-11(16-17-20-12)9-3-5-10(14)6-4-9/h3-6,8H,7H2,1-2H3,(H,15,18)/t8-/m0/s1. The summed E-state index contributed by atoms with van der Waals surface area (Å²) in [7, 11) is 1.59. The molecule has 0 aliphatic rings. The van der Waals surface area contributed by atoms with E-state index in [9.17, 15) is 4.79 Å². The topological polar surface area (TPSA) is 64.1 Å². The van der Waals surface area contributed by atoms with E-state index in [2.05, 4.69) is 14.9 Å². The van der Waals surface area contributed by atoms with Crippen molar-refractivity contribution in [2.24, 2.45) is 0 Å². The summed E-state index contributed by atoms with van der Waals surface area (Å²) in [6, 6.07) is 7.06. The Hall–Kier alpha value is -1.50. The fourth-order valence-corrected chi connectivity index (χ4v) is 2.43. The molecule has 1 atom stereocenters. The maximum absolute atomic E-state index is 12.2. The van der Waals surface area contributed by atoms with Crippen molar-refractivity contribution >= 4 is 29.0 Å². The quantitative estimate of drug-likeness (QED) is 0.922. The first-order valence-corrected chi connectivity index (χ1v) is 7.15. The third kappa shape index (κ3) is 3.53. The predicted molar refractivity (Wildman–Crippen MR) is 79.2 cm³/mol. The molecule has 0 saturated carbocycles. The van der Waals surface area contributed by atoms with E-state index >= 15 is 0 Å². The molecule has 20 heavy (non-hydrogen) atoms. The molecular weight excluding hydrogens is 298 g/mol. The number of ether oxygens (including phenoxy) is 1. The van der Waals surface area contributed by atoms with Crippen molar-refractivity contribution in [3.05, 3.63) is 34.2 Å². The zero-order chi connectivity index (χ0) is 14.5. The molecule has 1 N–H and O–H groups in total. The van der Waals surface area contributed by atoms with Gasteiger partial charge in [0.2, 0.25) is 0 Å². The van der Waals surface area contributed by atoms with Gasteiger partial charge in [-0.2, -0.15) is 0 Å². The smallest absolute Gasteiger partial charge is 0.265 e. The number of carbonyl (C=O) groups is 1. The fraction of sp³-hybridized carbons (Fsp3) is 0.308. The Balaban J connectivity index is 2.20. The largest absolute Gasteiger partial charge is 0.383 e. The first kappa shape index (κ1) is 14.9. The molecular formula is C13H14ClN3O2S. The van der Waals surface area contributed by atoms with Crippen molar-refractivity contribution in [1.29, 1.82) is 0 Å². The van der Waals surface area contributed by atoms with Crippen LogP contribution in [0.15, 0.2) is 24.3 Å². The summed E-state index contributed by atoms with van der Waals surface area (Å²) in [5.41, 5.74) is 1.38. The monoisotopic (exact) mass is 311 g/mol. The molecule has 2 rings (SSSR count). The Labute approximate surface area is 126 Å². The molecule has 1 aromatic heterocycles. The van der Waals surface area contributed by atoms with E-state index in [1.54, 1.807) is 19.2 Å². The van der Waals surface area contributed by atoms with E-state index in [0.717, 1.165) is 17.1 Å². The Kier molecular flexibility index (Phi) is 5.05. The van der Waals surface area contributed by atoms with Crippen molar-refractivity contribution in [2.75, 3.05) is 13.7 Å². The van der Waals surface area contributed by atoms with Gasteiger partial charge in [-0.3, -0.25) is 4.79 Å². The number of hydrogen-bond acceptors (Lipinski definition) is 5. The predicted octanol–water partition coefficient (Wildman–Crippen LogP) is 2.62. The number of nitrogens with zero attached hydrogens (tertiary/aromatic N) is 2. The second kappa shape index (κ2) is 6.78. The highest BCUT2D eigenvalue weighted by molar-refractivity contribution is 7.08. The number of halogens is 1. The molecule has 7 heteroatoms. The number of carbonyl (C=O) groups excluding carboxylic acids is 1. The lowest BCUT2D eigenvalue weighted by Crippen LogP contribution is -2.35. The number of rotatable bonds is 5. The molecule has 1 aromatic carbocycles. The highest BCUT2D eigenvalue weighted by atomic mass is 35.5. The van der Waals surface area contributed by atoms with E-state index in [1.165, 1.54) is 0 Å². The first-order chi connectivity index (χ1) is 9.61.